The van der Waals surface area contributed by atoms with Gasteiger partial charge < -0.3 is 11.1 Å². The van der Waals surface area contributed by atoms with E-state index in [9.17, 15) is 9.59 Å². The summed E-state index contributed by atoms with van der Waals surface area (Å²) < 4.78 is 1.05. The lowest BCUT2D eigenvalue weighted by Crippen LogP contribution is -2.39. The number of nitrogens with zero attached hydrogens (tertiary/aromatic N) is 1. The highest BCUT2D eigenvalue weighted by molar-refractivity contribution is 9.10. The monoisotopic (exact) mass is 461 g/mol. The molecule has 5 nitrogen and oxygen atoms in total. The van der Waals surface area contributed by atoms with Gasteiger partial charge in [0.25, 0.3) is 0 Å². The Morgan fingerprint density at radius 3 is 2.82 bits per heavy atom. The molecular weight excluding hydrogens is 438 g/mol. The van der Waals surface area contributed by atoms with Gasteiger partial charge in [0.15, 0.2) is 0 Å². The number of nitrogens with two attached hydrogens (primary N) is 1. The number of hydrogen-bond donors (Lipinski definition) is 2. The molecule has 28 heavy (non-hydrogen) atoms. The molecule has 0 aromatic heterocycles. The molecule has 0 spiro atoms. The third-order valence-electron chi connectivity index (χ3n) is 4.71. The second-order valence-electron chi connectivity index (χ2n) is 6.81. The van der Waals surface area contributed by atoms with Gasteiger partial charge in [-0.1, -0.05) is 24.3 Å². The van der Waals surface area contributed by atoms with E-state index in [-0.39, 0.29) is 17.9 Å². The molecule has 3 rings (SSSR count). The third kappa shape index (κ3) is 5.83. The average molecular weight is 462 g/mol. The van der Waals surface area contributed by atoms with Crippen molar-refractivity contribution >= 4 is 45.2 Å². The van der Waals surface area contributed by atoms with E-state index in [0.717, 1.165) is 40.0 Å². The number of benzene rings is 2. The number of likely N-dealkylation sites (tertiary alicyclic amines) is 1. The summed E-state index contributed by atoms with van der Waals surface area (Å²) in [6.07, 6.45) is 2.24. The van der Waals surface area contributed by atoms with Gasteiger partial charge in [-0.15, -0.1) is 11.8 Å². The molecule has 2 aromatic rings. The van der Waals surface area contributed by atoms with Gasteiger partial charge in [0, 0.05) is 33.8 Å². The zero-order valence-corrected chi connectivity index (χ0v) is 18.0. The third-order valence-corrected chi connectivity index (χ3v) is 6.74. The van der Waals surface area contributed by atoms with Crippen molar-refractivity contribution in [3.8, 4) is 0 Å². The van der Waals surface area contributed by atoms with Crippen LogP contribution in [0.15, 0.2) is 57.9 Å². The Morgan fingerprint density at radius 1 is 1.21 bits per heavy atom. The van der Waals surface area contributed by atoms with E-state index in [2.05, 4.69) is 26.1 Å². The topological polar surface area (TPSA) is 75.4 Å². The highest BCUT2D eigenvalue weighted by atomic mass is 79.9. The number of amides is 2. The molecule has 7 heteroatoms. The van der Waals surface area contributed by atoms with Gasteiger partial charge in [-0.25, -0.2) is 0 Å². The number of halogens is 1. The molecule has 1 heterocycles. The fourth-order valence-electron chi connectivity index (χ4n) is 3.36. The molecule has 1 aliphatic rings. The molecule has 2 aromatic carbocycles. The lowest BCUT2D eigenvalue weighted by molar-refractivity contribution is -0.122. The van der Waals surface area contributed by atoms with E-state index in [0.29, 0.717) is 18.7 Å². The van der Waals surface area contributed by atoms with Crippen LogP contribution in [0.25, 0.3) is 0 Å². The van der Waals surface area contributed by atoms with Crippen molar-refractivity contribution < 1.29 is 9.59 Å². The Balaban J connectivity index is 1.50. The molecule has 1 saturated heterocycles. The Labute approximate surface area is 178 Å². The molecule has 0 radical (unpaired) electrons. The molecule has 0 bridgehead atoms. The van der Waals surface area contributed by atoms with Crippen molar-refractivity contribution in [3.05, 3.63) is 58.6 Å². The lowest BCUT2D eigenvalue weighted by Gasteiger charge is -2.22. The largest absolute Gasteiger partial charge is 0.368 e. The van der Waals surface area contributed by atoms with Crippen LogP contribution in [0.2, 0.25) is 0 Å². The number of rotatable bonds is 8. The number of carbonyl (C=O) groups is 2. The van der Waals surface area contributed by atoms with Gasteiger partial charge in [-0.05, 0) is 65.1 Å². The second-order valence-corrected chi connectivity index (χ2v) is 8.80. The molecule has 1 unspecified atom stereocenters. The first kappa shape index (κ1) is 20.9. The van der Waals surface area contributed by atoms with Crippen LogP contribution in [0, 0.1) is 0 Å². The van der Waals surface area contributed by atoms with E-state index in [1.54, 1.807) is 11.8 Å². The molecule has 2 amide bonds. The Kier molecular flexibility index (Phi) is 7.53. The highest BCUT2D eigenvalue weighted by Crippen LogP contribution is 2.27. The van der Waals surface area contributed by atoms with Crippen molar-refractivity contribution in [2.75, 3.05) is 17.6 Å². The summed E-state index contributed by atoms with van der Waals surface area (Å²) in [6.45, 7) is 1.53. The molecule has 3 N–H and O–H groups in total. The molecular formula is C21H24BrN3O2S. The maximum absolute atomic E-state index is 12.3. The van der Waals surface area contributed by atoms with Crippen LogP contribution in [-0.2, 0) is 16.1 Å². The SMILES string of the molecule is NC(=O)C1CCCN1Cc1cccc(NC(=O)CCSc2ccccc2Br)c1. The minimum atomic E-state index is -0.260. The fraction of sp³-hybridized carbons (Fsp3) is 0.333. The summed E-state index contributed by atoms with van der Waals surface area (Å²) in [6, 6.07) is 15.6. The maximum Gasteiger partial charge on any atom is 0.234 e. The standard InChI is InChI=1S/C21H24BrN3O2S/c22-17-7-1-2-9-19(17)28-12-10-20(26)24-16-6-3-5-15(13-16)14-25-11-4-8-18(25)21(23)27/h1-3,5-7,9,13,18H,4,8,10-12,14H2,(H2,23,27)(H,24,26). The van der Waals surface area contributed by atoms with E-state index in [1.807, 2.05) is 48.5 Å². The van der Waals surface area contributed by atoms with E-state index in [4.69, 9.17) is 5.73 Å². The normalized spacial score (nSPS) is 16.8. The number of anilines is 1. The van der Waals surface area contributed by atoms with E-state index in [1.165, 1.54) is 0 Å². The van der Waals surface area contributed by atoms with Crippen molar-refractivity contribution in [2.45, 2.75) is 36.7 Å². The van der Waals surface area contributed by atoms with E-state index >= 15 is 0 Å². The number of primary amides is 1. The predicted octanol–water partition coefficient (Wildman–Crippen LogP) is 4.02. The molecule has 148 valence electrons. The van der Waals surface area contributed by atoms with Gasteiger partial charge in [0.1, 0.15) is 0 Å². The van der Waals surface area contributed by atoms with Crippen molar-refractivity contribution in [3.63, 3.8) is 0 Å². The zero-order valence-electron chi connectivity index (χ0n) is 15.6. The second kappa shape index (κ2) is 10.1. The van der Waals surface area contributed by atoms with Gasteiger partial charge in [-0.2, -0.15) is 0 Å². The van der Waals surface area contributed by atoms with Gasteiger partial charge >= 0.3 is 0 Å². The van der Waals surface area contributed by atoms with Crippen LogP contribution in [-0.4, -0.2) is 35.1 Å². The highest BCUT2D eigenvalue weighted by Gasteiger charge is 2.28. The number of thioether (sulfide) groups is 1. The quantitative estimate of drug-likeness (QED) is 0.582. The number of nitrogens with one attached hydrogen (secondary N) is 1. The minimum absolute atomic E-state index is 0.00658. The Hall–Kier alpha value is -1.83. The number of hydrogen-bond acceptors (Lipinski definition) is 4. The summed E-state index contributed by atoms with van der Waals surface area (Å²) in [5.74, 6) is 0.444. The van der Waals surface area contributed by atoms with Gasteiger partial charge in [-0.3, -0.25) is 14.5 Å². The summed E-state index contributed by atoms with van der Waals surface area (Å²) >= 11 is 5.17. The first-order valence-corrected chi connectivity index (χ1v) is 11.1. The van der Waals surface area contributed by atoms with Crippen molar-refractivity contribution in [1.82, 2.24) is 4.90 Å². The molecule has 0 saturated carbocycles. The summed E-state index contributed by atoms with van der Waals surface area (Å²) in [5, 5.41) is 2.97. The summed E-state index contributed by atoms with van der Waals surface area (Å²) in [4.78, 5) is 27.1. The number of carbonyl (C=O) groups excluding carboxylic acids is 2. The van der Waals surface area contributed by atoms with E-state index < -0.39 is 0 Å². The van der Waals surface area contributed by atoms with Crippen molar-refractivity contribution in [2.24, 2.45) is 5.73 Å². The van der Waals surface area contributed by atoms with Crippen LogP contribution < -0.4 is 11.1 Å². The molecule has 0 aliphatic carbocycles. The van der Waals surface area contributed by atoms with Crippen LogP contribution in [0.5, 0.6) is 0 Å². The zero-order chi connectivity index (χ0) is 19.9. The summed E-state index contributed by atoms with van der Waals surface area (Å²) in [5.41, 5.74) is 7.34. The van der Waals surface area contributed by atoms with Crippen LogP contribution in [0.4, 0.5) is 5.69 Å². The molecule has 1 atom stereocenters. The molecule has 1 aliphatic heterocycles. The average Bonchev–Trinajstić information content (AvgIpc) is 3.12. The van der Waals surface area contributed by atoms with Crippen LogP contribution >= 0.6 is 27.7 Å². The summed E-state index contributed by atoms with van der Waals surface area (Å²) in [7, 11) is 0. The first-order chi connectivity index (χ1) is 13.5. The predicted molar refractivity (Wildman–Crippen MR) is 117 cm³/mol. The Morgan fingerprint density at radius 2 is 2.04 bits per heavy atom. The smallest absolute Gasteiger partial charge is 0.234 e. The maximum atomic E-state index is 12.3. The van der Waals surface area contributed by atoms with Crippen LogP contribution in [0.1, 0.15) is 24.8 Å². The Bertz CT molecular complexity index is 846. The minimum Gasteiger partial charge on any atom is -0.368 e. The van der Waals surface area contributed by atoms with Crippen molar-refractivity contribution in [1.29, 1.82) is 0 Å². The van der Waals surface area contributed by atoms with Gasteiger partial charge in [0.2, 0.25) is 11.8 Å². The first-order valence-electron chi connectivity index (χ1n) is 9.32. The van der Waals surface area contributed by atoms with Gasteiger partial charge in [0.05, 0.1) is 6.04 Å². The molecule has 1 fully saturated rings. The van der Waals surface area contributed by atoms with Crippen LogP contribution in [0.3, 0.4) is 0 Å². The fourth-order valence-corrected chi connectivity index (χ4v) is 4.87. The lowest BCUT2D eigenvalue weighted by atomic mass is 10.1.